The molecular formula is C20H23N5O2S. The van der Waals surface area contributed by atoms with E-state index in [-0.39, 0.29) is 24.4 Å². The standard InChI is InChI=1S/C20H23N5O2S/c26-19(8-10-25-20(27)17-5-1-2-6-18(17)21-22-25)24-13-11-23(12-14-24)9-7-16-4-3-15-28-16/h1-6,15H,7-14H2. The van der Waals surface area contributed by atoms with Crippen molar-refractivity contribution in [2.45, 2.75) is 19.4 Å². The quantitative estimate of drug-likeness (QED) is 0.632. The van der Waals surface area contributed by atoms with Crippen molar-refractivity contribution in [3.63, 3.8) is 0 Å². The highest BCUT2D eigenvalue weighted by Crippen LogP contribution is 2.11. The highest BCUT2D eigenvalue weighted by Gasteiger charge is 2.21. The second kappa shape index (κ2) is 8.62. The fourth-order valence-electron chi connectivity index (χ4n) is 3.47. The van der Waals surface area contributed by atoms with E-state index >= 15 is 0 Å². The van der Waals surface area contributed by atoms with E-state index in [1.165, 1.54) is 9.56 Å². The van der Waals surface area contributed by atoms with Crippen molar-refractivity contribution >= 4 is 28.1 Å². The molecule has 0 aliphatic carbocycles. The maximum Gasteiger partial charge on any atom is 0.277 e. The minimum Gasteiger partial charge on any atom is -0.340 e. The smallest absolute Gasteiger partial charge is 0.277 e. The van der Waals surface area contributed by atoms with Gasteiger partial charge >= 0.3 is 0 Å². The summed E-state index contributed by atoms with van der Waals surface area (Å²) in [5, 5.41) is 10.7. The predicted molar refractivity (Wildman–Crippen MR) is 109 cm³/mol. The minimum atomic E-state index is -0.197. The first-order valence-electron chi connectivity index (χ1n) is 9.56. The molecule has 0 spiro atoms. The van der Waals surface area contributed by atoms with Crippen molar-refractivity contribution in [1.82, 2.24) is 24.8 Å². The molecule has 7 nitrogen and oxygen atoms in total. The van der Waals surface area contributed by atoms with Gasteiger partial charge < -0.3 is 4.90 Å². The van der Waals surface area contributed by atoms with Crippen LogP contribution in [0.25, 0.3) is 10.9 Å². The van der Waals surface area contributed by atoms with Gasteiger partial charge in [-0.1, -0.05) is 23.4 Å². The number of rotatable bonds is 6. The number of aromatic nitrogens is 3. The monoisotopic (exact) mass is 397 g/mol. The van der Waals surface area contributed by atoms with E-state index in [4.69, 9.17) is 0 Å². The first kappa shape index (κ1) is 18.8. The SMILES string of the molecule is O=C(CCn1nnc2ccccc2c1=O)N1CCN(CCc2cccs2)CC1. The molecule has 146 valence electrons. The van der Waals surface area contributed by atoms with Gasteiger partial charge in [-0.25, -0.2) is 4.68 Å². The van der Waals surface area contributed by atoms with Crippen LogP contribution in [-0.4, -0.2) is 63.4 Å². The molecule has 0 saturated carbocycles. The Bertz CT molecular complexity index is 993. The van der Waals surface area contributed by atoms with Crippen LogP contribution in [0, 0.1) is 0 Å². The Kier molecular flexibility index (Phi) is 5.78. The number of hydrogen-bond acceptors (Lipinski definition) is 6. The van der Waals surface area contributed by atoms with Crippen molar-refractivity contribution in [1.29, 1.82) is 0 Å². The molecule has 1 aliphatic rings. The molecule has 4 rings (SSSR count). The van der Waals surface area contributed by atoms with Gasteiger partial charge in [0.1, 0.15) is 5.52 Å². The van der Waals surface area contributed by atoms with Crippen molar-refractivity contribution in [3.8, 4) is 0 Å². The van der Waals surface area contributed by atoms with Gasteiger partial charge in [-0.2, -0.15) is 0 Å². The maximum absolute atomic E-state index is 12.5. The van der Waals surface area contributed by atoms with E-state index in [2.05, 4.69) is 32.7 Å². The number of carbonyl (C=O) groups is 1. The molecule has 3 aromatic rings. The number of fused-ring (bicyclic) bond motifs is 1. The Morgan fingerprint density at radius 3 is 2.64 bits per heavy atom. The van der Waals surface area contributed by atoms with E-state index in [1.54, 1.807) is 29.5 Å². The number of amides is 1. The van der Waals surface area contributed by atoms with Gasteiger partial charge in [-0.15, -0.1) is 16.4 Å². The Labute approximate surface area is 167 Å². The van der Waals surface area contributed by atoms with E-state index in [0.29, 0.717) is 10.9 Å². The molecule has 0 atom stereocenters. The number of nitrogens with zero attached hydrogens (tertiary/aromatic N) is 5. The van der Waals surface area contributed by atoms with Crippen LogP contribution < -0.4 is 5.56 Å². The molecule has 1 saturated heterocycles. The summed E-state index contributed by atoms with van der Waals surface area (Å²) in [7, 11) is 0. The number of benzene rings is 1. The molecule has 8 heteroatoms. The van der Waals surface area contributed by atoms with Gasteiger partial charge in [-0.3, -0.25) is 14.5 Å². The fraction of sp³-hybridized carbons (Fsp3) is 0.400. The second-order valence-corrected chi connectivity index (χ2v) is 7.97. The zero-order chi connectivity index (χ0) is 19.3. The van der Waals surface area contributed by atoms with Gasteiger partial charge in [0.2, 0.25) is 5.91 Å². The van der Waals surface area contributed by atoms with E-state index in [0.717, 1.165) is 39.1 Å². The third-order valence-electron chi connectivity index (χ3n) is 5.15. The van der Waals surface area contributed by atoms with Crippen molar-refractivity contribution in [2.24, 2.45) is 0 Å². The number of aryl methyl sites for hydroxylation is 1. The van der Waals surface area contributed by atoms with Crippen LogP contribution in [0.15, 0.2) is 46.6 Å². The molecule has 0 radical (unpaired) electrons. The first-order chi connectivity index (χ1) is 13.7. The summed E-state index contributed by atoms with van der Waals surface area (Å²) in [6.07, 6.45) is 1.33. The zero-order valence-corrected chi connectivity index (χ0v) is 16.5. The van der Waals surface area contributed by atoms with Gasteiger partial charge in [0.15, 0.2) is 0 Å². The van der Waals surface area contributed by atoms with Gasteiger partial charge in [-0.05, 0) is 30.0 Å². The summed E-state index contributed by atoms with van der Waals surface area (Å²) in [6.45, 7) is 4.56. The predicted octanol–water partition coefficient (Wildman–Crippen LogP) is 1.63. The lowest BCUT2D eigenvalue weighted by atomic mass is 10.2. The van der Waals surface area contributed by atoms with Crippen LogP contribution in [0.1, 0.15) is 11.3 Å². The Balaban J connectivity index is 1.27. The molecule has 28 heavy (non-hydrogen) atoms. The Hall–Kier alpha value is -2.58. The third-order valence-corrected chi connectivity index (χ3v) is 6.08. The first-order valence-corrected chi connectivity index (χ1v) is 10.4. The summed E-state index contributed by atoms with van der Waals surface area (Å²) in [5.41, 5.74) is 0.380. The third kappa shape index (κ3) is 4.28. The van der Waals surface area contributed by atoms with Crippen LogP contribution in [0.2, 0.25) is 0 Å². The Morgan fingerprint density at radius 1 is 1.04 bits per heavy atom. The summed E-state index contributed by atoms with van der Waals surface area (Å²) in [6, 6.07) is 11.4. The van der Waals surface area contributed by atoms with Crippen molar-refractivity contribution < 1.29 is 4.79 Å². The zero-order valence-electron chi connectivity index (χ0n) is 15.7. The van der Waals surface area contributed by atoms with Crippen LogP contribution in [0.5, 0.6) is 0 Å². The van der Waals surface area contributed by atoms with E-state index in [1.807, 2.05) is 11.0 Å². The van der Waals surface area contributed by atoms with Crippen LogP contribution in [-0.2, 0) is 17.8 Å². The molecule has 1 amide bonds. The molecule has 1 fully saturated rings. The normalized spacial score (nSPS) is 15.2. The van der Waals surface area contributed by atoms with Crippen LogP contribution in [0.4, 0.5) is 0 Å². The summed E-state index contributed by atoms with van der Waals surface area (Å²) < 4.78 is 1.29. The molecule has 0 N–H and O–H groups in total. The van der Waals surface area contributed by atoms with E-state index in [9.17, 15) is 9.59 Å². The van der Waals surface area contributed by atoms with Gasteiger partial charge in [0.05, 0.1) is 11.9 Å². The maximum atomic E-state index is 12.5. The molecule has 1 aromatic carbocycles. The molecule has 1 aliphatic heterocycles. The number of piperazine rings is 1. The molecule has 0 unspecified atom stereocenters. The highest BCUT2D eigenvalue weighted by atomic mass is 32.1. The van der Waals surface area contributed by atoms with Crippen molar-refractivity contribution in [2.75, 3.05) is 32.7 Å². The number of thiophene rings is 1. The lowest BCUT2D eigenvalue weighted by Crippen LogP contribution is -2.49. The van der Waals surface area contributed by atoms with Crippen LogP contribution >= 0.6 is 11.3 Å². The van der Waals surface area contributed by atoms with Crippen molar-refractivity contribution in [3.05, 3.63) is 57.0 Å². The van der Waals surface area contributed by atoms with Gasteiger partial charge in [0, 0.05) is 44.0 Å². The summed E-state index contributed by atoms with van der Waals surface area (Å²) in [4.78, 5) is 30.7. The van der Waals surface area contributed by atoms with Crippen LogP contribution in [0.3, 0.4) is 0 Å². The lowest BCUT2D eigenvalue weighted by molar-refractivity contribution is -0.133. The lowest BCUT2D eigenvalue weighted by Gasteiger charge is -2.34. The number of carbonyl (C=O) groups excluding carboxylic acids is 1. The summed E-state index contributed by atoms with van der Waals surface area (Å²) >= 11 is 1.79. The largest absolute Gasteiger partial charge is 0.340 e. The molecule has 0 bridgehead atoms. The Morgan fingerprint density at radius 2 is 1.86 bits per heavy atom. The second-order valence-electron chi connectivity index (χ2n) is 6.94. The highest BCUT2D eigenvalue weighted by molar-refractivity contribution is 7.09. The average molecular weight is 398 g/mol. The number of hydrogen-bond donors (Lipinski definition) is 0. The average Bonchev–Trinajstić information content (AvgIpc) is 3.26. The van der Waals surface area contributed by atoms with Gasteiger partial charge in [0.25, 0.3) is 5.56 Å². The fourth-order valence-corrected chi connectivity index (χ4v) is 4.17. The van der Waals surface area contributed by atoms with E-state index < -0.39 is 0 Å². The topological polar surface area (TPSA) is 71.3 Å². The molecular weight excluding hydrogens is 374 g/mol. The summed E-state index contributed by atoms with van der Waals surface area (Å²) in [5.74, 6) is 0.0692. The molecule has 3 heterocycles. The minimum absolute atomic E-state index is 0.0692. The molecule has 2 aromatic heterocycles.